The van der Waals surface area contributed by atoms with E-state index in [0.717, 1.165) is 10.4 Å². The van der Waals surface area contributed by atoms with E-state index in [1.54, 1.807) is 44.2 Å². The summed E-state index contributed by atoms with van der Waals surface area (Å²) < 4.78 is 10.2. The molecule has 0 radical (unpaired) electrons. The van der Waals surface area contributed by atoms with Crippen LogP contribution in [-0.4, -0.2) is 11.8 Å². The molecule has 0 fully saturated rings. The van der Waals surface area contributed by atoms with Crippen LogP contribution in [0.25, 0.3) is 10.4 Å². The number of anilines is 1. The van der Waals surface area contributed by atoms with Crippen LogP contribution in [-0.2, 0) is 4.74 Å². The molecule has 1 aromatic carbocycles. The minimum absolute atomic E-state index is 0.305. The summed E-state index contributed by atoms with van der Waals surface area (Å²) in [6.45, 7) is 5.33. The zero-order chi connectivity index (χ0) is 14.8. The van der Waals surface area contributed by atoms with Gasteiger partial charge in [-0.3, -0.25) is 0 Å². The van der Waals surface area contributed by atoms with Gasteiger partial charge >= 0.3 is 6.16 Å². The number of nitrogens with two attached hydrogens (primary N) is 1. The smallest absolute Gasteiger partial charge is 0.428 e. The molecule has 2 rings (SSSR count). The molecule has 106 valence electrons. The molecule has 2 N–H and O–H groups in total. The topological polar surface area (TPSA) is 61.5 Å². The van der Waals surface area contributed by atoms with E-state index in [0.29, 0.717) is 11.4 Å². The van der Waals surface area contributed by atoms with Crippen molar-refractivity contribution >= 4 is 23.2 Å². The molecule has 1 heterocycles. The van der Waals surface area contributed by atoms with Crippen molar-refractivity contribution in [3.63, 3.8) is 0 Å². The van der Waals surface area contributed by atoms with Crippen LogP contribution >= 0.6 is 11.3 Å². The maximum Gasteiger partial charge on any atom is 0.514 e. The number of thiophene rings is 1. The van der Waals surface area contributed by atoms with Crippen LogP contribution in [0.4, 0.5) is 10.5 Å². The van der Waals surface area contributed by atoms with Gasteiger partial charge in [0.2, 0.25) is 0 Å². The summed E-state index contributed by atoms with van der Waals surface area (Å²) in [5.41, 5.74) is 6.72. The zero-order valence-corrected chi connectivity index (χ0v) is 12.5. The van der Waals surface area contributed by atoms with E-state index in [1.807, 2.05) is 23.6 Å². The van der Waals surface area contributed by atoms with Crippen molar-refractivity contribution in [3.05, 3.63) is 35.7 Å². The molecule has 0 spiro atoms. The first-order valence-electron chi connectivity index (χ1n) is 6.19. The Hall–Kier alpha value is -2.01. The second-order valence-corrected chi connectivity index (χ2v) is 6.24. The van der Waals surface area contributed by atoms with E-state index in [9.17, 15) is 4.79 Å². The van der Waals surface area contributed by atoms with Gasteiger partial charge in [-0.05, 0) is 56.0 Å². The zero-order valence-electron chi connectivity index (χ0n) is 11.7. The molecule has 20 heavy (non-hydrogen) atoms. The highest BCUT2D eigenvalue weighted by molar-refractivity contribution is 7.13. The fourth-order valence-corrected chi connectivity index (χ4v) is 2.32. The van der Waals surface area contributed by atoms with Gasteiger partial charge < -0.3 is 15.2 Å². The average Bonchev–Trinajstić information content (AvgIpc) is 2.82. The van der Waals surface area contributed by atoms with E-state index >= 15 is 0 Å². The Labute approximate surface area is 122 Å². The van der Waals surface area contributed by atoms with E-state index < -0.39 is 11.8 Å². The highest BCUT2D eigenvalue weighted by Gasteiger charge is 2.19. The van der Waals surface area contributed by atoms with Crippen LogP contribution in [0.15, 0.2) is 35.7 Å². The first-order valence-corrected chi connectivity index (χ1v) is 7.07. The minimum Gasteiger partial charge on any atom is -0.428 e. The van der Waals surface area contributed by atoms with Gasteiger partial charge in [0.05, 0.1) is 5.69 Å². The third-order valence-corrected chi connectivity index (χ3v) is 3.32. The molecular formula is C15H17NO3S. The highest BCUT2D eigenvalue weighted by Crippen LogP contribution is 2.31. The predicted molar refractivity (Wildman–Crippen MR) is 81.0 cm³/mol. The number of ether oxygens (including phenoxy) is 2. The minimum atomic E-state index is -0.756. The Morgan fingerprint density at radius 1 is 1.25 bits per heavy atom. The van der Waals surface area contributed by atoms with Gasteiger partial charge in [0, 0.05) is 4.88 Å². The van der Waals surface area contributed by atoms with Crippen LogP contribution in [0.5, 0.6) is 5.75 Å². The van der Waals surface area contributed by atoms with Gasteiger partial charge in [-0.1, -0.05) is 6.07 Å². The Morgan fingerprint density at radius 3 is 2.55 bits per heavy atom. The van der Waals surface area contributed by atoms with E-state index in [2.05, 4.69) is 0 Å². The van der Waals surface area contributed by atoms with Gasteiger partial charge in [0.1, 0.15) is 5.60 Å². The van der Waals surface area contributed by atoms with Crippen LogP contribution in [0.1, 0.15) is 20.8 Å². The molecule has 0 saturated carbocycles. The Kier molecular flexibility index (Phi) is 3.99. The highest BCUT2D eigenvalue weighted by atomic mass is 32.1. The maximum absolute atomic E-state index is 11.6. The largest absolute Gasteiger partial charge is 0.514 e. The third-order valence-electron chi connectivity index (χ3n) is 2.40. The summed E-state index contributed by atoms with van der Waals surface area (Å²) in [5, 5.41) is 2.00. The molecule has 4 nitrogen and oxygen atoms in total. The number of nitrogen functional groups attached to an aromatic ring is 1. The van der Waals surface area contributed by atoms with Crippen molar-refractivity contribution < 1.29 is 14.3 Å². The quantitative estimate of drug-likeness (QED) is 0.509. The molecule has 1 aromatic heterocycles. The van der Waals surface area contributed by atoms with E-state index in [1.165, 1.54) is 0 Å². The first-order chi connectivity index (χ1) is 9.35. The monoisotopic (exact) mass is 291 g/mol. The third kappa shape index (κ3) is 3.74. The second kappa shape index (κ2) is 5.54. The van der Waals surface area contributed by atoms with Gasteiger partial charge in [0.25, 0.3) is 0 Å². The van der Waals surface area contributed by atoms with E-state index in [4.69, 9.17) is 15.2 Å². The number of hydrogen-bond donors (Lipinski definition) is 1. The maximum atomic E-state index is 11.6. The number of hydrogen-bond acceptors (Lipinski definition) is 5. The van der Waals surface area contributed by atoms with Crippen molar-refractivity contribution in [2.45, 2.75) is 26.4 Å². The lowest BCUT2D eigenvalue weighted by Gasteiger charge is -2.19. The summed E-state index contributed by atoms with van der Waals surface area (Å²) in [6, 6.07) is 9.30. The van der Waals surface area contributed by atoms with Crippen LogP contribution in [0.2, 0.25) is 0 Å². The normalized spacial score (nSPS) is 11.2. The molecule has 0 saturated heterocycles. The Morgan fingerprint density at radius 2 is 2.00 bits per heavy atom. The summed E-state index contributed by atoms with van der Waals surface area (Å²) in [6.07, 6.45) is -0.756. The molecule has 2 aromatic rings. The fourth-order valence-electron chi connectivity index (χ4n) is 1.60. The predicted octanol–water partition coefficient (Wildman–Crippen LogP) is 4.31. The lowest BCUT2D eigenvalue weighted by Crippen LogP contribution is -2.26. The molecule has 0 unspecified atom stereocenters. The number of carbonyl (C=O) groups excluding carboxylic acids is 1. The van der Waals surface area contributed by atoms with Gasteiger partial charge in [-0.15, -0.1) is 11.3 Å². The summed E-state index contributed by atoms with van der Waals surface area (Å²) in [4.78, 5) is 12.7. The van der Waals surface area contributed by atoms with Crippen molar-refractivity contribution in [1.82, 2.24) is 0 Å². The van der Waals surface area contributed by atoms with Crippen molar-refractivity contribution in [2.75, 3.05) is 5.73 Å². The number of rotatable bonds is 2. The molecule has 0 aliphatic carbocycles. The summed E-state index contributed by atoms with van der Waals surface area (Å²) in [7, 11) is 0. The van der Waals surface area contributed by atoms with Crippen molar-refractivity contribution in [3.8, 4) is 16.2 Å². The molecule has 0 aliphatic heterocycles. The van der Waals surface area contributed by atoms with Crippen molar-refractivity contribution in [2.24, 2.45) is 0 Å². The number of benzene rings is 1. The Balaban J connectivity index is 2.13. The summed E-state index contributed by atoms with van der Waals surface area (Å²) >= 11 is 1.62. The lowest BCUT2D eigenvalue weighted by atomic mass is 10.1. The van der Waals surface area contributed by atoms with Crippen LogP contribution < -0.4 is 10.5 Å². The molecule has 0 aliphatic rings. The molecular weight excluding hydrogens is 274 g/mol. The standard InChI is InChI=1S/C15H17NO3S/c1-15(2,3)19-14(17)18-12-7-6-10(9-11(12)16)13-5-4-8-20-13/h4-9H,16H2,1-3H3. The first kappa shape index (κ1) is 14.4. The average molecular weight is 291 g/mol. The van der Waals surface area contributed by atoms with Crippen molar-refractivity contribution in [1.29, 1.82) is 0 Å². The van der Waals surface area contributed by atoms with Crippen LogP contribution in [0.3, 0.4) is 0 Å². The SMILES string of the molecule is CC(C)(C)OC(=O)Oc1ccc(-c2cccs2)cc1N. The fraction of sp³-hybridized carbons (Fsp3) is 0.267. The second-order valence-electron chi connectivity index (χ2n) is 5.30. The molecule has 5 heteroatoms. The molecule has 0 atom stereocenters. The molecule has 0 amide bonds. The van der Waals surface area contributed by atoms with Gasteiger partial charge in [0.15, 0.2) is 5.75 Å². The van der Waals surface area contributed by atoms with Gasteiger partial charge in [-0.25, -0.2) is 4.79 Å². The van der Waals surface area contributed by atoms with Gasteiger partial charge in [-0.2, -0.15) is 0 Å². The Bertz CT molecular complexity index is 600. The van der Waals surface area contributed by atoms with E-state index in [-0.39, 0.29) is 0 Å². The van der Waals surface area contributed by atoms with Crippen LogP contribution in [0, 0.1) is 0 Å². The summed E-state index contributed by atoms with van der Waals surface area (Å²) in [5.74, 6) is 0.305. The number of carbonyl (C=O) groups is 1. The molecule has 0 bridgehead atoms. The lowest BCUT2D eigenvalue weighted by molar-refractivity contribution is 0.0207.